The summed E-state index contributed by atoms with van der Waals surface area (Å²) < 4.78 is 0. The molecule has 0 spiro atoms. The molecule has 0 aliphatic heterocycles. The van der Waals surface area contributed by atoms with E-state index in [1.165, 1.54) is 44.9 Å². The van der Waals surface area contributed by atoms with E-state index >= 15 is 0 Å². The Morgan fingerprint density at radius 2 is 2.04 bits per heavy atom. The number of hydrogen-bond donors (Lipinski definition) is 3. The van der Waals surface area contributed by atoms with E-state index in [2.05, 4.69) is 10.6 Å². The maximum absolute atomic E-state index is 12.8. The largest absolute Gasteiger partial charge is 0.392 e. The third-order valence-corrected chi connectivity index (χ3v) is 6.80. The summed E-state index contributed by atoms with van der Waals surface area (Å²) >= 11 is 6.31. The summed E-state index contributed by atoms with van der Waals surface area (Å²) in [5, 5.41) is 16.5. The molecule has 3 N–H and O–H groups in total. The van der Waals surface area contributed by atoms with Gasteiger partial charge in [0, 0.05) is 13.1 Å². The van der Waals surface area contributed by atoms with E-state index in [1.54, 1.807) is 6.07 Å². The minimum Gasteiger partial charge on any atom is -0.392 e. The highest BCUT2D eigenvalue weighted by Gasteiger charge is 2.39. The van der Waals surface area contributed by atoms with Crippen molar-refractivity contribution in [3.05, 3.63) is 34.3 Å². The van der Waals surface area contributed by atoms with Gasteiger partial charge < -0.3 is 15.7 Å². The van der Waals surface area contributed by atoms with Gasteiger partial charge in [0.1, 0.15) is 0 Å². The van der Waals surface area contributed by atoms with E-state index in [0.29, 0.717) is 29.0 Å². The Morgan fingerprint density at radius 3 is 2.71 bits per heavy atom. The van der Waals surface area contributed by atoms with Gasteiger partial charge in [-0.2, -0.15) is 0 Å². The fourth-order valence-electron chi connectivity index (χ4n) is 5.01. The van der Waals surface area contributed by atoms with Gasteiger partial charge in [-0.25, -0.2) is 0 Å². The van der Waals surface area contributed by atoms with Gasteiger partial charge in [-0.15, -0.1) is 0 Å². The number of fused-ring (bicyclic) bond motifs is 2. The molecule has 4 nitrogen and oxygen atoms in total. The van der Waals surface area contributed by atoms with Crippen molar-refractivity contribution >= 4 is 17.5 Å². The van der Waals surface area contributed by atoms with Gasteiger partial charge in [0.05, 0.1) is 16.7 Å². The predicted molar refractivity (Wildman–Crippen MR) is 117 cm³/mol. The monoisotopic (exact) mass is 408 g/mol. The summed E-state index contributed by atoms with van der Waals surface area (Å²) in [7, 11) is 1.83. The number of nitrogens with one attached hydrogen (secondary N) is 2. The van der Waals surface area contributed by atoms with Crippen molar-refractivity contribution in [3.8, 4) is 0 Å². The van der Waals surface area contributed by atoms with Crippen LogP contribution in [-0.4, -0.2) is 37.3 Å². The second kappa shape index (κ2) is 10.6. The van der Waals surface area contributed by atoms with Crippen LogP contribution < -0.4 is 10.6 Å². The van der Waals surface area contributed by atoms with Crippen molar-refractivity contribution in [2.75, 3.05) is 20.1 Å². The minimum absolute atomic E-state index is 0. The molecular formula is C23H37ClN2O2. The Labute approximate surface area is 175 Å². The molecule has 5 heteroatoms. The van der Waals surface area contributed by atoms with Gasteiger partial charge in [-0.3, -0.25) is 4.79 Å². The second-order valence-corrected chi connectivity index (χ2v) is 9.01. The molecule has 3 rings (SSSR count). The molecule has 1 aromatic rings. The summed E-state index contributed by atoms with van der Waals surface area (Å²) in [5.74, 6) is 0.792. The molecule has 28 heavy (non-hydrogen) atoms. The van der Waals surface area contributed by atoms with Crippen molar-refractivity contribution in [3.63, 3.8) is 0 Å². The van der Waals surface area contributed by atoms with E-state index in [9.17, 15) is 9.90 Å². The molecule has 2 fully saturated rings. The van der Waals surface area contributed by atoms with Crippen molar-refractivity contribution in [2.24, 2.45) is 11.3 Å². The maximum Gasteiger partial charge on any atom is 0.252 e. The number of aryl methyl sites for hydroxylation is 1. The lowest BCUT2D eigenvalue weighted by Crippen LogP contribution is -2.43. The molecule has 1 amide bonds. The number of carbonyl (C=O) groups is 1. The third-order valence-electron chi connectivity index (χ3n) is 6.47. The molecule has 1 aromatic carbocycles. The number of hydrogen-bond acceptors (Lipinski definition) is 3. The number of aliphatic hydroxyl groups is 1. The average Bonchev–Trinajstić information content (AvgIpc) is 2.66. The molecule has 0 unspecified atom stereocenters. The zero-order chi connectivity index (χ0) is 19.3. The standard InChI is InChI=1S/C22H33ClN2O2.CH4/c1-24-14-18(26)8-6-16-7-9-20(23)19(12-16)21(27)25-15-22-10-2-4-17(13-22)5-3-11-22;/h7,9,12,17-18,24,26H,2-6,8,10-11,13-15H2,1H3,(H,25,27);1H4/t17?,18-,22?;/m1./s1. The van der Waals surface area contributed by atoms with Gasteiger partial charge in [0.15, 0.2) is 0 Å². The molecule has 2 bridgehead atoms. The van der Waals surface area contributed by atoms with Crippen LogP contribution in [0.4, 0.5) is 0 Å². The van der Waals surface area contributed by atoms with Crippen LogP contribution in [-0.2, 0) is 6.42 Å². The van der Waals surface area contributed by atoms with E-state index in [4.69, 9.17) is 11.6 Å². The quantitative estimate of drug-likeness (QED) is 0.590. The Morgan fingerprint density at radius 1 is 1.32 bits per heavy atom. The molecular weight excluding hydrogens is 372 g/mol. The van der Waals surface area contributed by atoms with E-state index in [-0.39, 0.29) is 19.4 Å². The van der Waals surface area contributed by atoms with Crippen LogP contribution in [0.2, 0.25) is 5.02 Å². The predicted octanol–water partition coefficient (Wildman–Crippen LogP) is 4.58. The molecule has 0 radical (unpaired) electrons. The number of rotatable bonds is 8. The van der Waals surface area contributed by atoms with Gasteiger partial charge in [0.25, 0.3) is 5.91 Å². The zero-order valence-corrected chi connectivity index (χ0v) is 17.2. The summed E-state index contributed by atoms with van der Waals surface area (Å²) in [4.78, 5) is 12.8. The first-order chi connectivity index (χ1) is 13.0. The maximum atomic E-state index is 12.8. The van der Waals surface area contributed by atoms with Crippen molar-refractivity contribution in [1.29, 1.82) is 0 Å². The second-order valence-electron chi connectivity index (χ2n) is 8.60. The smallest absolute Gasteiger partial charge is 0.252 e. The van der Waals surface area contributed by atoms with Crippen LogP contribution >= 0.6 is 11.6 Å². The molecule has 158 valence electrons. The van der Waals surface area contributed by atoms with Gasteiger partial charge in [0.2, 0.25) is 0 Å². The summed E-state index contributed by atoms with van der Waals surface area (Å²) in [6.45, 7) is 1.34. The van der Waals surface area contributed by atoms with Crippen LogP contribution in [0.25, 0.3) is 0 Å². The number of likely N-dealkylation sites (N-methyl/N-ethyl adjacent to an activating group) is 1. The van der Waals surface area contributed by atoms with Crippen LogP contribution in [0.15, 0.2) is 18.2 Å². The van der Waals surface area contributed by atoms with Crippen LogP contribution in [0.3, 0.4) is 0 Å². The van der Waals surface area contributed by atoms with Crippen LogP contribution in [0, 0.1) is 11.3 Å². The molecule has 0 saturated heterocycles. The SMILES string of the molecule is C.CNC[C@H](O)CCc1ccc(Cl)c(C(=O)NCC23CCCC(CCC2)C3)c1. The van der Waals surface area contributed by atoms with Gasteiger partial charge in [-0.1, -0.05) is 50.8 Å². The van der Waals surface area contributed by atoms with Crippen molar-refractivity contribution in [2.45, 2.75) is 71.3 Å². The highest BCUT2D eigenvalue weighted by Crippen LogP contribution is 2.48. The lowest BCUT2D eigenvalue weighted by molar-refractivity contribution is 0.0681. The molecule has 0 heterocycles. The lowest BCUT2D eigenvalue weighted by Gasteiger charge is -2.45. The molecule has 2 saturated carbocycles. The highest BCUT2D eigenvalue weighted by molar-refractivity contribution is 6.33. The minimum atomic E-state index is -0.382. The molecule has 0 aromatic heterocycles. The average molecular weight is 409 g/mol. The Kier molecular flexibility index (Phi) is 8.79. The normalized spacial score (nSPS) is 24.9. The Balaban J connectivity index is 0.00000280. The summed E-state index contributed by atoms with van der Waals surface area (Å²) in [5.41, 5.74) is 1.89. The van der Waals surface area contributed by atoms with Gasteiger partial charge in [-0.05, 0) is 68.2 Å². The number of amides is 1. The first-order valence-electron chi connectivity index (χ1n) is 10.4. The molecule has 2 aliphatic rings. The summed E-state index contributed by atoms with van der Waals surface area (Å²) in [6.07, 6.45) is 10.1. The van der Waals surface area contributed by atoms with E-state index < -0.39 is 0 Å². The van der Waals surface area contributed by atoms with Crippen molar-refractivity contribution in [1.82, 2.24) is 10.6 Å². The number of aliphatic hydroxyl groups excluding tert-OH is 1. The Hall–Kier alpha value is -1.10. The van der Waals surface area contributed by atoms with Crippen molar-refractivity contribution < 1.29 is 9.90 Å². The third kappa shape index (κ3) is 5.95. The van der Waals surface area contributed by atoms with E-state index in [0.717, 1.165) is 24.4 Å². The summed E-state index contributed by atoms with van der Waals surface area (Å²) in [6, 6.07) is 5.62. The fraction of sp³-hybridized carbons (Fsp3) is 0.696. The van der Waals surface area contributed by atoms with Gasteiger partial charge >= 0.3 is 0 Å². The number of halogens is 1. The van der Waals surface area contributed by atoms with Crippen LogP contribution in [0.5, 0.6) is 0 Å². The number of carbonyl (C=O) groups excluding carboxylic acids is 1. The lowest BCUT2D eigenvalue weighted by atomic mass is 9.62. The topological polar surface area (TPSA) is 61.4 Å². The van der Waals surface area contributed by atoms with E-state index in [1.807, 2.05) is 19.2 Å². The van der Waals surface area contributed by atoms with Crippen LogP contribution in [0.1, 0.15) is 74.7 Å². The first kappa shape index (κ1) is 23.2. The highest BCUT2D eigenvalue weighted by atomic mass is 35.5. The fourth-order valence-corrected chi connectivity index (χ4v) is 5.21. The Bertz CT molecular complexity index is 639. The molecule has 1 atom stereocenters. The molecule has 2 aliphatic carbocycles. The zero-order valence-electron chi connectivity index (χ0n) is 16.4. The first-order valence-corrected chi connectivity index (χ1v) is 10.8. The number of benzene rings is 1.